The van der Waals surface area contributed by atoms with Crippen LogP contribution in [0.2, 0.25) is 5.02 Å². The predicted octanol–water partition coefficient (Wildman–Crippen LogP) is 3.03. The third-order valence-electron chi connectivity index (χ3n) is 2.93. The lowest BCUT2D eigenvalue weighted by atomic mass is 10.2. The second-order valence-electron chi connectivity index (χ2n) is 5.41. The van der Waals surface area contributed by atoms with Gasteiger partial charge in [-0.2, -0.15) is 5.10 Å². The molecule has 0 saturated heterocycles. The molecule has 0 atom stereocenters. The number of nitrogens with zero attached hydrogens (tertiary/aromatic N) is 3. The van der Waals surface area contributed by atoms with Crippen molar-refractivity contribution >= 4 is 11.6 Å². The molecule has 2 rings (SSSR count). The standard InChI is InChI=1S/C15H21ClN4/c1-11(2)7-17-8-13-5-4-6-14(18-13)9-20-10-15(16)12(3)19-20/h4-6,10-11,17H,7-9H2,1-3H3. The molecule has 0 spiro atoms. The summed E-state index contributed by atoms with van der Waals surface area (Å²) in [5.41, 5.74) is 2.90. The highest BCUT2D eigenvalue weighted by Crippen LogP contribution is 2.13. The van der Waals surface area contributed by atoms with Crippen LogP contribution >= 0.6 is 11.6 Å². The summed E-state index contributed by atoms with van der Waals surface area (Å²) in [6.07, 6.45) is 1.84. The molecule has 1 N–H and O–H groups in total. The van der Waals surface area contributed by atoms with E-state index in [4.69, 9.17) is 11.6 Å². The third kappa shape index (κ3) is 4.32. The van der Waals surface area contributed by atoms with Crippen LogP contribution in [-0.2, 0) is 13.1 Å². The van der Waals surface area contributed by atoms with E-state index in [-0.39, 0.29) is 0 Å². The summed E-state index contributed by atoms with van der Waals surface area (Å²) in [5.74, 6) is 0.646. The minimum absolute atomic E-state index is 0.644. The normalized spacial score (nSPS) is 11.2. The van der Waals surface area contributed by atoms with Crippen molar-refractivity contribution in [1.82, 2.24) is 20.1 Å². The molecule has 0 unspecified atom stereocenters. The van der Waals surface area contributed by atoms with E-state index in [1.165, 1.54) is 0 Å². The van der Waals surface area contributed by atoms with Crippen LogP contribution < -0.4 is 5.32 Å². The first kappa shape index (κ1) is 15.0. The van der Waals surface area contributed by atoms with Crippen LogP contribution in [0, 0.1) is 12.8 Å². The number of hydrogen-bond acceptors (Lipinski definition) is 3. The van der Waals surface area contributed by atoms with Gasteiger partial charge in [0.05, 0.1) is 28.6 Å². The first-order valence-corrected chi connectivity index (χ1v) is 7.27. The van der Waals surface area contributed by atoms with Crippen molar-refractivity contribution in [2.75, 3.05) is 6.54 Å². The Bertz CT molecular complexity index is 543. The highest BCUT2D eigenvalue weighted by molar-refractivity contribution is 6.31. The molecule has 0 aliphatic carbocycles. The van der Waals surface area contributed by atoms with Crippen molar-refractivity contribution in [3.63, 3.8) is 0 Å². The quantitative estimate of drug-likeness (QED) is 0.890. The molecule has 0 bridgehead atoms. The molecule has 0 aliphatic heterocycles. The number of aromatic nitrogens is 3. The molecule has 20 heavy (non-hydrogen) atoms. The van der Waals surface area contributed by atoms with Gasteiger partial charge >= 0.3 is 0 Å². The van der Waals surface area contributed by atoms with Crippen LogP contribution in [-0.4, -0.2) is 21.3 Å². The Morgan fingerprint density at radius 3 is 2.70 bits per heavy atom. The minimum Gasteiger partial charge on any atom is -0.311 e. The molecule has 5 heteroatoms. The van der Waals surface area contributed by atoms with Crippen molar-refractivity contribution in [3.8, 4) is 0 Å². The Morgan fingerprint density at radius 2 is 2.05 bits per heavy atom. The predicted molar refractivity (Wildman–Crippen MR) is 81.9 cm³/mol. The minimum atomic E-state index is 0.644. The Hall–Kier alpha value is -1.39. The van der Waals surface area contributed by atoms with Gasteiger partial charge in [-0.1, -0.05) is 31.5 Å². The smallest absolute Gasteiger partial charge is 0.0832 e. The molecule has 2 aromatic rings. The lowest BCUT2D eigenvalue weighted by Gasteiger charge is -2.08. The molecule has 0 amide bonds. The van der Waals surface area contributed by atoms with Gasteiger partial charge in [0.2, 0.25) is 0 Å². The van der Waals surface area contributed by atoms with Gasteiger partial charge < -0.3 is 5.32 Å². The van der Waals surface area contributed by atoms with Gasteiger partial charge in [-0.05, 0) is 31.5 Å². The van der Waals surface area contributed by atoms with Crippen molar-refractivity contribution in [2.24, 2.45) is 5.92 Å². The largest absolute Gasteiger partial charge is 0.311 e. The van der Waals surface area contributed by atoms with E-state index in [1.807, 2.05) is 36.0 Å². The van der Waals surface area contributed by atoms with Crippen LogP contribution in [0.5, 0.6) is 0 Å². The zero-order valence-corrected chi connectivity index (χ0v) is 13.0. The van der Waals surface area contributed by atoms with Crippen LogP contribution in [0.15, 0.2) is 24.4 Å². The summed E-state index contributed by atoms with van der Waals surface area (Å²) in [6.45, 7) is 8.73. The molecule has 0 fully saturated rings. The molecule has 2 heterocycles. The van der Waals surface area contributed by atoms with Crippen LogP contribution in [0.25, 0.3) is 0 Å². The van der Waals surface area contributed by atoms with Crippen molar-refractivity contribution < 1.29 is 0 Å². The molecule has 0 saturated carbocycles. The Labute approximate surface area is 125 Å². The van der Waals surface area contributed by atoms with Gasteiger partial charge in [-0.15, -0.1) is 0 Å². The van der Waals surface area contributed by atoms with Crippen molar-refractivity contribution in [2.45, 2.75) is 33.9 Å². The lowest BCUT2D eigenvalue weighted by Crippen LogP contribution is -2.20. The highest BCUT2D eigenvalue weighted by Gasteiger charge is 2.04. The second kappa shape index (κ2) is 6.86. The molecular formula is C15H21ClN4. The molecule has 108 valence electrons. The summed E-state index contributed by atoms with van der Waals surface area (Å²) in [5, 5.41) is 8.44. The zero-order valence-electron chi connectivity index (χ0n) is 12.2. The van der Waals surface area contributed by atoms with E-state index < -0.39 is 0 Å². The maximum absolute atomic E-state index is 6.01. The molecule has 4 nitrogen and oxygen atoms in total. The number of hydrogen-bond donors (Lipinski definition) is 1. The molecular weight excluding hydrogens is 272 g/mol. The van der Waals surface area contributed by atoms with E-state index in [9.17, 15) is 0 Å². The van der Waals surface area contributed by atoms with E-state index in [1.54, 1.807) is 0 Å². The van der Waals surface area contributed by atoms with Gasteiger partial charge in [0.15, 0.2) is 0 Å². The average molecular weight is 293 g/mol. The number of pyridine rings is 1. The molecule has 0 aliphatic rings. The fourth-order valence-electron chi connectivity index (χ4n) is 1.95. The summed E-state index contributed by atoms with van der Waals surface area (Å²) >= 11 is 6.01. The Balaban J connectivity index is 1.98. The van der Waals surface area contributed by atoms with Crippen LogP contribution in [0.1, 0.15) is 30.9 Å². The average Bonchev–Trinajstić information content (AvgIpc) is 2.68. The molecule has 2 aromatic heterocycles. The number of nitrogens with one attached hydrogen (secondary N) is 1. The van der Waals surface area contributed by atoms with E-state index in [0.717, 1.165) is 30.2 Å². The second-order valence-corrected chi connectivity index (χ2v) is 5.81. The van der Waals surface area contributed by atoms with Gasteiger partial charge in [-0.3, -0.25) is 9.67 Å². The SMILES string of the molecule is Cc1nn(Cc2cccc(CNCC(C)C)n2)cc1Cl. The summed E-state index contributed by atoms with van der Waals surface area (Å²) in [4.78, 5) is 4.64. The van der Waals surface area contributed by atoms with Gasteiger partial charge in [0, 0.05) is 12.7 Å². The Morgan fingerprint density at radius 1 is 1.30 bits per heavy atom. The molecule has 0 radical (unpaired) electrons. The Kier molecular flexibility index (Phi) is 5.15. The number of rotatable bonds is 6. The van der Waals surface area contributed by atoms with Crippen molar-refractivity contribution in [1.29, 1.82) is 0 Å². The highest BCUT2D eigenvalue weighted by atomic mass is 35.5. The summed E-state index contributed by atoms with van der Waals surface area (Å²) in [6, 6.07) is 6.09. The van der Waals surface area contributed by atoms with E-state index in [0.29, 0.717) is 17.5 Å². The monoisotopic (exact) mass is 292 g/mol. The van der Waals surface area contributed by atoms with Gasteiger partial charge in [0.1, 0.15) is 0 Å². The fourth-order valence-corrected chi connectivity index (χ4v) is 2.10. The first-order chi connectivity index (χ1) is 9.54. The summed E-state index contributed by atoms with van der Waals surface area (Å²) < 4.78 is 1.82. The number of halogens is 1. The maximum atomic E-state index is 6.01. The third-order valence-corrected chi connectivity index (χ3v) is 3.30. The van der Waals surface area contributed by atoms with E-state index in [2.05, 4.69) is 29.2 Å². The van der Waals surface area contributed by atoms with E-state index >= 15 is 0 Å². The number of aryl methyl sites for hydroxylation is 1. The zero-order chi connectivity index (χ0) is 14.5. The topological polar surface area (TPSA) is 42.7 Å². The van der Waals surface area contributed by atoms with Gasteiger partial charge in [0.25, 0.3) is 0 Å². The van der Waals surface area contributed by atoms with Crippen LogP contribution in [0.4, 0.5) is 0 Å². The lowest BCUT2D eigenvalue weighted by molar-refractivity contribution is 0.546. The van der Waals surface area contributed by atoms with Crippen molar-refractivity contribution in [3.05, 3.63) is 46.5 Å². The first-order valence-electron chi connectivity index (χ1n) is 6.89. The van der Waals surface area contributed by atoms with Gasteiger partial charge in [-0.25, -0.2) is 0 Å². The maximum Gasteiger partial charge on any atom is 0.0832 e. The molecule has 0 aromatic carbocycles. The fraction of sp³-hybridized carbons (Fsp3) is 0.467. The summed E-state index contributed by atoms with van der Waals surface area (Å²) in [7, 11) is 0. The van der Waals surface area contributed by atoms with Crippen LogP contribution in [0.3, 0.4) is 0 Å².